The number of benzene rings is 1. The average Bonchev–Trinajstić information content (AvgIpc) is 2.28. The maximum absolute atomic E-state index is 11.4. The molecule has 2 N–H and O–H groups in total. The van der Waals surface area contributed by atoms with Crippen molar-refractivity contribution in [3.8, 4) is 0 Å². The van der Waals surface area contributed by atoms with Crippen molar-refractivity contribution in [2.24, 2.45) is 0 Å². The highest BCUT2D eigenvalue weighted by atomic mass is 35.5. The van der Waals surface area contributed by atoms with Gasteiger partial charge in [-0.15, -0.1) is 0 Å². The maximum Gasteiger partial charge on any atom is 0.303 e. The van der Waals surface area contributed by atoms with Gasteiger partial charge in [-0.25, -0.2) is 8.42 Å². The molecule has 19 heavy (non-hydrogen) atoms. The first-order valence-corrected chi connectivity index (χ1v) is 7.95. The molecule has 1 atom stereocenters. The summed E-state index contributed by atoms with van der Waals surface area (Å²) in [6, 6.07) is 4.27. The second-order valence-electron chi connectivity index (χ2n) is 4.39. The normalized spacial score (nSPS) is 13.0. The third-order valence-corrected chi connectivity index (χ3v) is 4.00. The van der Waals surface area contributed by atoms with Gasteiger partial charge in [-0.1, -0.05) is 11.6 Å². The lowest BCUT2D eigenvalue weighted by Crippen LogP contribution is -2.17. The molecule has 0 aromatic heterocycles. The summed E-state index contributed by atoms with van der Waals surface area (Å²) in [5.74, 6) is -0.871. The van der Waals surface area contributed by atoms with Gasteiger partial charge in [0.15, 0.2) is 9.84 Å². The Labute approximate surface area is 117 Å². The Balaban J connectivity index is 2.86. The zero-order chi connectivity index (χ0) is 14.6. The highest BCUT2D eigenvalue weighted by Gasteiger charge is 2.12. The van der Waals surface area contributed by atoms with Crippen LogP contribution in [0.15, 0.2) is 23.1 Å². The van der Waals surface area contributed by atoms with Crippen LogP contribution < -0.4 is 5.32 Å². The first-order valence-electron chi connectivity index (χ1n) is 5.68. The summed E-state index contributed by atoms with van der Waals surface area (Å²) in [4.78, 5) is 10.6. The molecule has 0 aliphatic carbocycles. The monoisotopic (exact) mass is 305 g/mol. The number of sulfone groups is 1. The summed E-state index contributed by atoms with van der Waals surface area (Å²) in [6.45, 7) is 1.81. The van der Waals surface area contributed by atoms with Gasteiger partial charge in [-0.05, 0) is 31.5 Å². The summed E-state index contributed by atoms with van der Waals surface area (Å²) >= 11 is 5.98. The van der Waals surface area contributed by atoms with Gasteiger partial charge in [0.1, 0.15) is 0 Å². The number of hydrogen-bond acceptors (Lipinski definition) is 4. The number of carboxylic acids is 1. The van der Waals surface area contributed by atoms with Crippen LogP contribution in [0.1, 0.15) is 19.8 Å². The highest BCUT2D eigenvalue weighted by molar-refractivity contribution is 7.90. The number of carboxylic acid groups (broad SMARTS) is 1. The van der Waals surface area contributed by atoms with Crippen LogP contribution in [0.4, 0.5) is 5.69 Å². The molecule has 106 valence electrons. The second-order valence-corrected chi connectivity index (χ2v) is 6.81. The van der Waals surface area contributed by atoms with Gasteiger partial charge < -0.3 is 10.4 Å². The van der Waals surface area contributed by atoms with Gasteiger partial charge in [0.2, 0.25) is 0 Å². The second kappa shape index (κ2) is 6.25. The van der Waals surface area contributed by atoms with Gasteiger partial charge in [-0.2, -0.15) is 0 Å². The number of halogens is 1. The molecule has 1 aromatic carbocycles. The van der Waals surface area contributed by atoms with Crippen LogP contribution in [0, 0.1) is 0 Å². The Morgan fingerprint density at radius 3 is 2.63 bits per heavy atom. The zero-order valence-corrected chi connectivity index (χ0v) is 12.3. The van der Waals surface area contributed by atoms with E-state index in [9.17, 15) is 13.2 Å². The molecule has 0 saturated heterocycles. The van der Waals surface area contributed by atoms with Crippen molar-refractivity contribution in [3.63, 3.8) is 0 Å². The van der Waals surface area contributed by atoms with Crippen molar-refractivity contribution in [2.75, 3.05) is 11.6 Å². The molecule has 0 heterocycles. The number of rotatable bonds is 6. The number of aliphatic carboxylic acids is 1. The minimum atomic E-state index is -3.30. The van der Waals surface area contributed by atoms with Gasteiger partial charge in [0.05, 0.1) is 15.6 Å². The van der Waals surface area contributed by atoms with Crippen LogP contribution in [0.5, 0.6) is 0 Å². The number of anilines is 1. The van der Waals surface area contributed by atoms with Gasteiger partial charge in [0.25, 0.3) is 0 Å². The Kier molecular flexibility index (Phi) is 5.20. The Hall–Kier alpha value is -1.27. The van der Waals surface area contributed by atoms with E-state index >= 15 is 0 Å². The smallest absolute Gasteiger partial charge is 0.303 e. The van der Waals surface area contributed by atoms with Crippen LogP contribution in [0.25, 0.3) is 0 Å². The molecule has 1 rings (SSSR count). The van der Waals surface area contributed by atoms with E-state index in [2.05, 4.69) is 5.32 Å². The summed E-state index contributed by atoms with van der Waals surface area (Å²) in [7, 11) is -3.30. The van der Waals surface area contributed by atoms with Crippen molar-refractivity contribution in [1.82, 2.24) is 0 Å². The van der Waals surface area contributed by atoms with Crippen LogP contribution in [-0.2, 0) is 14.6 Å². The molecule has 0 radical (unpaired) electrons. The Morgan fingerprint density at radius 1 is 1.47 bits per heavy atom. The SMILES string of the molecule is CC(CCC(=O)O)Nc1cc(S(C)(=O)=O)ccc1Cl. The van der Waals surface area contributed by atoms with E-state index in [0.717, 1.165) is 6.26 Å². The molecule has 0 bridgehead atoms. The van der Waals surface area contributed by atoms with E-state index < -0.39 is 15.8 Å². The van der Waals surface area contributed by atoms with Crippen LogP contribution in [0.3, 0.4) is 0 Å². The van der Waals surface area contributed by atoms with Crippen molar-refractivity contribution in [3.05, 3.63) is 23.2 Å². The van der Waals surface area contributed by atoms with Crippen molar-refractivity contribution < 1.29 is 18.3 Å². The molecule has 7 heteroatoms. The lowest BCUT2D eigenvalue weighted by Gasteiger charge is -2.16. The van der Waals surface area contributed by atoms with Crippen LogP contribution >= 0.6 is 11.6 Å². The molecular weight excluding hydrogens is 290 g/mol. The van der Waals surface area contributed by atoms with Crippen LogP contribution in [-0.4, -0.2) is 31.8 Å². The summed E-state index contributed by atoms with van der Waals surface area (Å²) in [5.41, 5.74) is 0.488. The first-order chi connectivity index (χ1) is 8.70. The number of nitrogens with one attached hydrogen (secondary N) is 1. The van der Waals surface area contributed by atoms with E-state index in [1.807, 2.05) is 6.92 Å². The van der Waals surface area contributed by atoms with Gasteiger partial charge in [-0.3, -0.25) is 4.79 Å². The topological polar surface area (TPSA) is 83.5 Å². The summed E-state index contributed by atoms with van der Waals surface area (Å²) in [5, 5.41) is 12.0. The molecule has 0 fully saturated rings. The van der Waals surface area contributed by atoms with E-state index in [4.69, 9.17) is 16.7 Å². The van der Waals surface area contributed by atoms with E-state index in [1.54, 1.807) is 0 Å². The maximum atomic E-state index is 11.4. The van der Waals surface area contributed by atoms with Crippen molar-refractivity contribution >= 4 is 33.1 Å². The molecule has 0 saturated carbocycles. The van der Waals surface area contributed by atoms with Gasteiger partial charge in [0, 0.05) is 18.7 Å². The number of hydrogen-bond donors (Lipinski definition) is 2. The fraction of sp³-hybridized carbons (Fsp3) is 0.417. The van der Waals surface area contributed by atoms with E-state index in [0.29, 0.717) is 17.1 Å². The molecule has 0 amide bonds. The molecular formula is C12H16ClNO4S. The van der Waals surface area contributed by atoms with Crippen molar-refractivity contribution in [1.29, 1.82) is 0 Å². The summed E-state index contributed by atoms with van der Waals surface area (Å²) in [6.07, 6.45) is 1.58. The molecule has 0 aliphatic heterocycles. The minimum Gasteiger partial charge on any atom is -0.481 e. The molecule has 5 nitrogen and oxygen atoms in total. The van der Waals surface area contributed by atoms with E-state index in [1.165, 1.54) is 18.2 Å². The first kappa shape index (κ1) is 15.8. The molecule has 1 unspecified atom stereocenters. The fourth-order valence-electron chi connectivity index (χ4n) is 1.52. The quantitative estimate of drug-likeness (QED) is 0.843. The average molecular weight is 306 g/mol. The highest BCUT2D eigenvalue weighted by Crippen LogP contribution is 2.26. The predicted molar refractivity (Wildman–Crippen MR) is 74.5 cm³/mol. The summed E-state index contributed by atoms with van der Waals surface area (Å²) < 4.78 is 22.9. The number of carbonyl (C=O) groups is 1. The van der Waals surface area contributed by atoms with Gasteiger partial charge >= 0.3 is 5.97 Å². The Bertz CT molecular complexity index is 571. The standard InChI is InChI=1S/C12H16ClNO4S/c1-8(3-6-12(15)16)14-11-7-9(19(2,17)18)4-5-10(11)13/h4-5,7-8,14H,3,6H2,1-2H3,(H,15,16). The largest absolute Gasteiger partial charge is 0.481 e. The third-order valence-electron chi connectivity index (χ3n) is 2.56. The Morgan fingerprint density at radius 2 is 2.11 bits per heavy atom. The lowest BCUT2D eigenvalue weighted by atomic mass is 10.1. The molecule has 0 spiro atoms. The lowest BCUT2D eigenvalue weighted by molar-refractivity contribution is -0.137. The van der Waals surface area contributed by atoms with Crippen LogP contribution in [0.2, 0.25) is 5.02 Å². The third kappa shape index (κ3) is 5.08. The molecule has 1 aromatic rings. The fourth-order valence-corrected chi connectivity index (χ4v) is 2.34. The predicted octanol–water partition coefficient (Wildman–Crippen LogP) is 2.41. The zero-order valence-electron chi connectivity index (χ0n) is 10.7. The van der Waals surface area contributed by atoms with E-state index in [-0.39, 0.29) is 17.4 Å². The molecule has 0 aliphatic rings. The minimum absolute atomic E-state index is 0.0392. The van der Waals surface area contributed by atoms with Crippen molar-refractivity contribution in [2.45, 2.75) is 30.7 Å².